The van der Waals surface area contributed by atoms with Crippen LogP contribution in [0.25, 0.3) is 5.73 Å². The van der Waals surface area contributed by atoms with Crippen molar-refractivity contribution in [2.45, 2.75) is 0 Å². The Bertz CT molecular complexity index is 169. The molecule has 0 saturated carbocycles. The number of nitrogens with one attached hydrogen (secondary N) is 1. The summed E-state index contributed by atoms with van der Waals surface area (Å²) in [5.74, 6) is 0. The zero-order valence-electron chi connectivity index (χ0n) is 5.19. The summed E-state index contributed by atoms with van der Waals surface area (Å²) < 4.78 is 0. The Morgan fingerprint density at radius 3 is 2.11 bits per heavy atom. The monoisotopic (exact) mass is 133 g/mol. The first-order chi connectivity index (χ1) is 3.80. The Kier molecular flexibility index (Phi) is 3.80. The second-order valence-corrected chi connectivity index (χ2v) is 1.89. The molecule has 1 aromatic carbocycles. The minimum Gasteiger partial charge on any atom is -0.698 e. The third kappa shape index (κ3) is 2.32. The molecule has 0 aromatic heterocycles. The summed E-state index contributed by atoms with van der Waals surface area (Å²) in [6.45, 7) is 0. The van der Waals surface area contributed by atoms with E-state index in [1.165, 1.54) is 0 Å². The van der Waals surface area contributed by atoms with Gasteiger partial charge in [0.05, 0.1) is 0 Å². The summed E-state index contributed by atoms with van der Waals surface area (Å²) in [6, 6.07) is 6.95. The summed E-state index contributed by atoms with van der Waals surface area (Å²) in [6.07, 6.45) is 0. The van der Waals surface area contributed by atoms with Crippen LogP contribution in [-0.2, 0) is 0 Å². The van der Waals surface area contributed by atoms with Crippen LogP contribution in [0.3, 0.4) is 0 Å². The topological polar surface area (TPSA) is 23.8 Å². The van der Waals surface area contributed by atoms with Gasteiger partial charge in [-0.05, 0) is 6.07 Å². The number of benzene rings is 1. The van der Waals surface area contributed by atoms with Gasteiger partial charge in [-0.15, -0.1) is 5.69 Å². The Labute approximate surface area is 71.4 Å². The Balaban J connectivity index is 0.000000640. The molecule has 9 heavy (non-hydrogen) atoms. The number of hydrogen-bond acceptors (Lipinski definition) is 0. The van der Waals surface area contributed by atoms with Crippen LogP contribution in [0.1, 0.15) is 0 Å². The van der Waals surface area contributed by atoms with Crippen molar-refractivity contribution in [2.75, 3.05) is 0 Å². The summed E-state index contributed by atoms with van der Waals surface area (Å²) in [7, 11) is 0. The predicted molar refractivity (Wildman–Crippen MR) is 35.4 cm³/mol. The van der Waals surface area contributed by atoms with Gasteiger partial charge >= 0.3 is 18.9 Å². The van der Waals surface area contributed by atoms with E-state index in [1.807, 2.05) is 0 Å². The quantitative estimate of drug-likeness (QED) is 0.446. The molecular weight excluding hydrogens is 128 g/mol. The van der Waals surface area contributed by atoms with Crippen LogP contribution >= 0.6 is 11.6 Å². The van der Waals surface area contributed by atoms with Gasteiger partial charge in [0.1, 0.15) is 0 Å². The molecule has 0 aliphatic heterocycles. The van der Waals surface area contributed by atoms with Crippen molar-refractivity contribution in [3.63, 3.8) is 0 Å². The largest absolute Gasteiger partial charge is 1.00 e. The molecule has 1 N–H and O–H groups in total. The van der Waals surface area contributed by atoms with E-state index in [-0.39, 0.29) is 18.9 Å². The third-order valence-corrected chi connectivity index (χ3v) is 1.20. The van der Waals surface area contributed by atoms with Crippen molar-refractivity contribution in [1.29, 1.82) is 0 Å². The smallest absolute Gasteiger partial charge is 0.698 e. The minimum atomic E-state index is 0. The maximum atomic E-state index is 7.09. The van der Waals surface area contributed by atoms with Crippen LogP contribution < -0.4 is 18.9 Å². The average molecular weight is 134 g/mol. The summed E-state index contributed by atoms with van der Waals surface area (Å²) >= 11 is 5.52. The first kappa shape index (κ1) is 8.91. The molecule has 0 aliphatic rings. The maximum absolute atomic E-state index is 7.09. The average Bonchev–Trinajstić information content (AvgIpc) is 1.77. The SMILES string of the molecule is [Li+].[NH-]c1ccccc1Cl. The predicted octanol–water partition coefficient (Wildman–Crippen LogP) is 0.0277. The summed E-state index contributed by atoms with van der Waals surface area (Å²) in [4.78, 5) is 0. The first-order valence-corrected chi connectivity index (χ1v) is 2.64. The van der Waals surface area contributed by atoms with Gasteiger partial charge < -0.3 is 5.73 Å². The van der Waals surface area contributed by atoms with Crippen molar-refractivity contribution in [3.8, 4) is 0 Å². The Morgan fingerprint density at radius 2 is 1.78 bits per heavy atom. The third-order valence-electron chi connectivity index (χ3n) is 0.874. The molecule has 0 atom stereocenters. The molecule has 0 saturated heterocycles. The molecule has 0 unspecified atom stereocenters. The van der Waals surface area contributed by atoms with E-state index < -0.39 is 0 Å². The molecule has 3 heteroatoms. The first-order valence-electron chi connectivity index (χ1n) is 2.27. The van der Waals surface area contributed by atoms with E-state index in [0.29, 0.717) is 10.7 Å². The fourth-order valence-electron chi connectivity index (χ4n) is 0.461. The number of halogens is 1. The maximum Gasteiger partial charge on any atom is 1.00 e. The van der Waals surface area contributed by atoms with Gasteiger partial charge in [-0.1, -0.05) is 29.8 Å². The zero-order chi connectivity index (χ0) is 5.98. The van der Waals surface area contributed by atoms with Gasteiger partial charge in [0.15, 0.2) is 0 Å². The molecule has 0 radical (unpaired) electrons. The molecule has 42 valence electrons. The van der Waals surface area contributed by atoms with Crippen molar-refractivity contribution in [3.05, 3.63) is 35.0 Å². The van der Waals surface area contributed by atoms with E-state index in [0.717, 1.165) is 0 Å². The van der Waals surface area contributed by atoms with Crippen molar-refractivity contribution < 1.29 is 18.9 Å². The summed E-state index contributed by atoms with van der Waals surface area (Å²) in [5, 5.41) is 0.507. The van der Waals surface area contributed by atoms with Crippen molar-refractivity contribution >= 4 is 17.3 Å². The van der Waals surface area contributed by atoms with E-state index in [9.17, 15) is 0 Å². The number of rotatable bonds is 0. The van der Waals surface area contributed by atoms with Gasteiger partial charge in [0, 0.05) is 5.02 Å². The fourth-order valence-corrected chi connectivity index (χ4v) is 0.597. The van der Waals surface area contributed by atoms with E-state index in [2.05, 4.69) is 0 Å². The van der Waals surface area contributed by atoms with E-state index >= 15 is 0 Å². The van der Waals surface area contributed by atoms with Crippen molar-refractivity contribution in [2.24, 2.45) is 0 Å². The van der Waals surface area contributed by atoms with Crippen LogP contribution in [0.5, 0.6) is 0 Å². The van der Waals surface area contributed by atoms with Gasteiger partial charge in [0.25, 0.3) is 0 Å². The molecule has 1 rings (SSSR count). The standard InChI is InChI=1S/C6H5ClN.Li/c7-5-3-1-2-4-6(5)8;/h1-4,8H;/q-1;+1. The minimum absolute atomic E-state index is 0. The Hall–Kier alpha value is -0.0926. The van der Waals surface area contributed by atoms with Gasteiger partial charge in [0.2, 0.25) is 0 Å². The molecule has 0 amide bonds. The summed E-state index contributed by atoms with van der Waals surface area (Å²) in [5.41, 5.74) is 7.47. The van der Waals surface area contributed by atoms with Crippen LogP contribution in [0.15, 0.2) is 24.3 Å². The van der Waals surface area contributed by atoms with E-state index in [1.54, 1.807) is 24.3 Å². The normalized spacial score (nSPS) is 8.11. The van der Waals surface area contributed by atoms with Crippen LogP contribution in [0.4, 0.5) is 5.69 Å². The molecule has 0 fully saturated rings. The fraction of sp³-hybridized carbons (Fsp3) is 0. The van der Waals surface area contributed by atoms with Gasteiger partial charge in [-0.2, -0.15) is 0 Å². The number of hydrogen-bond donors (Lipinski definition) is 0. The second kappa shape index (κ2) is 3.84. The van der Waals surface area contributed by atoms with Crippen LogP contribution in [0, 0.1) is 0 Å². The zero-order valence-corrected chi connectivity index (χ0v) is 5.94. The van der Waals surface area contributed by atoms with Crippen LogP contribution in [0.2, 0.25) is 5.02 Å². The molecule has 0 spiro atoms. The molecular formula is C6H5ClLiN. The van der Waals surface area contributed by atoms with Gasteiger partial charge in [-0.3, -0.25) is 0 Å². The van der Waals surface area contributed by atoms with Crippen molar-refractivity contribution in [1.82, 2.24) is 0 Å². The second-order valence-electron chi connectivity index (χ2n) is 1.48. The van der Waals surface area contributed by atoms with Gasteiger partial charge in [-0.25, -0.2) is 0 Å². The van der Waals surface area contributed by atoms with Crippen LogP contribution in [-0.4, -0.2) is 0 Å². The Morgan fingerprint density at radius 1 is 1.22 bits per heavy atom. The molecule has 1 nitrogen and oxygen atoms in total. The molecule has 0 aliphatic carbocycles. The molecule has 0 heterocycles. The van der Waals surface area contributed by atoms with E-state index in [4.69, 9.17) is 17.3 Å². The molecule has 1 aromatic rings. The molecule has 0 bridgehead atoms.